The summed E-state index contributed by atoms with van der Waals surface area (Å²) in [6.07, 6.45) is 4.91. The summed E-state index contributed by atoms with van der Waals surface area (Å²) in [6, 6.07) is 1.76. The number of aromatic nitrogens is 3. The quantitative estimate of drug-likeness (QED) is 0.746. The van der Waals surface area contributed by atoms with Crippen molar-refractivity contribution in [2.24, 2.45) is 0 Å². The van der Waals surface area contributed by atoms with Crippen molar-refractivity contribution in [1.29, 1.82) is 0 Å². The molecule has 17 heavy (non-hydrogen) atoms. The molecular formula is C11H11Cl2N3O. The van der Waals surface area contributed by atoms with Crippen LogP contribution in [0.15, 0.2) is 12.3 Å². The summed E-state index contributed by atoms with van der Waals surface area (Å²) in [5.74, 6) is 0. The Hall–Kier alpha value is -0.840. The second-order valence-corrected chi connectivity index (χ2v) is 4.83. The van der Waals surface area contributed by atoms with Crippen molar-refractivity contribution in [3.05, 3.63) is 22.6 Å². The molecule has 2 aromatic heterocycles. The van der Waals surface area contributed by atoms with Gasteiger partial charge in [0.05, 0.1) is 6.20 Å². The standard InChI is InChI=1S/C11H11Cl2N3O/c12-8-5-7-6-14-16(10(7)11(13)15-8)9-3-1-2-4-17-9/h5-6,9H,1-4H2. The average Bonchev–Trinajstić information content (AvgIpc) is 2.74. The topological polar surface area (TPSA) is 39.9 Å². The van der Waals surface area contributed by atoms with Crippen molar-refractivity contribution in [2.75, 3.05) is 6.61 Å². The van der Waals surface area contributed by atoms with E-state index in [0.29, 0.717) is 10.3 Å². The van der Waals surface area contributed by atoms with Crippen LogP contribution in [-0.2, 0) is 4.74 Å². The first-order chi connectivity index (χ1) is 8.25. The Labute approximate surface area is 108 Å². The first-order valence-corrected chi connectivity index (χ1v) is 6.32. The first kappa shape index (κ1) is 11.3. The molecule has 1 saturated heterocycles. The molecule has 6 heteroatoms. The fourth-order valence-electron chi connectivity index (χ4n) is 2.14. The molecule has 1 aliphatic rings. The van der Waals surface area contributed by atoms with E-state index in [4.69, 9.17) is 27.9 Å². The van der Waals surface area contributed by atoms with Crippen LogP contribution in [0.2, 0.25) is 10.3 Å². The number of pyridine rings is 1. The number of fused-ring (bicyclic) bond motifs is 1. The highest BCUT2D eigenvalue weighted by molar-refractivity contribution is 6.36. The van der Waals surface area contributed by atoms with Gasteiger partial charge in [-0.25, -0.2) is 9.67 Å². The molecule has 0 aliphatic carbocycles. The normalized spacial score (nSPS) is 20.9. The second kappa shape index (κ2) is 4.44. The van der Waals surface area contributed by atoms with Crippen molar-refractivity contribution in [3.63, 3.8) is 0 Å². The summed E-state index contributed by atoms with van der Waals surface area (Å²) in [6.45, 7) is 0.769. The Kier molecular flexibility index (Phi) is 2.94. The van der Waals surface area contributed by atoms with Crippen molar-refractivity contribution < 1.29 is 4.74 Å². The minimum absolute atomic E-state index is 0.0401. The number of halogens is 2. The molecule has 0 radical (unpaired) electrons. The average molecular weight is 272 g/mol. The van der Waals surface area contributed by atoms with E-state index in [0.717, 1.165) is 36.8 Å². The second-order valence-electron chi connectivity index (χ2n) is 4.08. The van der Waals surface area contributed by atoms with Crippen LogP contribution >= 0.6 is 23.2 Å². The lowest BCUT2D eigenvalue weighted by molar-refractivity contribution is -0.0366. The molecule has 0 aromatic carbocycles. The number of hydrogen-bond acceptors (Lipinski definition) is 3. The predicted molar refractivity (Wildman–Crippen MR) is 66.4 cm³/mol. The summed E-state index contributed by atoms with van der Waals surface area (Å²) in [5.41, 5.74) is 0.794. The zero-order valence-corrected chi connectivity index (χ0v) is 10.6. The summed E-state index contributed by atoms with van der Waals surface area (Å²) in [4.78, 5) is 4.04. The van der Waals surface area contributed by atoms with Gasteiger partial charge in [-0.05, 0) is 25.3 Å². The van der Waals surface area contributed by atoms with Crippen molar-refractivity contribution in [1.82, 2.24) is 14.8 Å². The molecule has 0 saturated carbocycles. The van der Waals surface area contributed by atoms with Gasteiger partial charge in [0, 0.05) is 12.0 Å². The van der Waals surface area contributed by atoms with Gasteiger partial charge in [-0.3, -0.25) is 0 Å². The third-order valence-electron chi connectivity index (χ3n) is 2.93. The van der Waals surface area contributed by atoms with Gasteiger partial charge < -0.3 is 4.74 Å². The smallest absolute Gasteiger partial charge is 0.156 e. The molecule has 2 aromatic rings. The van der Waals surface area contributed by atoms with Crippen molar-refractivity contribution >= 4 is 34.1 Å². The summed E-state index contributed by atoms with van der Waals surface area (Å²) in [5, 5.41) is 5.98. The van der Waals surface area contributed by atoms with Gasteiger partial charge in [0.1, 0.15) is 10.7 Å². The van der Waals surface area contributed by atoms with Gasteiger partial charge in [-0.2, -0.15) is 5.10 Å². The maximum Gasteiger partial charge on any atom is 0.156 e. The Morgan fingerprint density at radius 1 is 1.35 bits per heavy atom. The highest BCUT2D eigenvalue weighted by atomic mass is 35.5. The van der Waals surface area contributed by atoms with Crippen LogP contribution in [0.5, 0.6) is 0 Å². The van der Waals surface area contributed by atoms with Crippen LogP contribution in [-0.4, -0.2) is 21.4 Å². The molecule has 1 fully saturated rings. The van der Waals surface area contributed by atoms with Crippen LogP contribution in [0.1, 0.15) is 25.5 Å². The molecular weight excluding hydrogens is 261 g/mol. The first-order valence-electron chi connectivity index (χ1n) is 5.56. The fraction of sp³-hybridized carbons (Fsp3) is 0.455. The highest BCUT2D eigenvalue weighted by Gasteiger charge is 2.20. The highest BCUT2D eigenvalue weighted by Crippen LogP contribution is 2.30. The number of ether oxygens (including phenoxy) is 1. The van der Waals surface area contributed by atoms with Crippen LogP contribution in [0.4, 0.5) is 0 Å². The number of rotatable bonds is 1. The number of hydrogen-bond donors (Lipinski definition) is 0. The monoisotopic (exact) mass is 271 g/mol. The predicted octanol–water partition coefficient (Wildman–Crippen LogP) is 3.44. The Morgan fingerprint density at radius 3 is 3.00 bits per heavy atom. The van der Waals surface area contributed by atoms with E-state index in [1.165, 1.54) is 0 Å². The summed E-state index contributed by atoms with van der Waals surface area (Å²) >= 11 is 12.0. The molecule has 4 nitrogen and oxygen atoms in total. The van der Waals surface area contributed by atoms with Crippen LogP contribution < -0.4 is 0 Å². The van der Waals surface area contributed by atoms with E-state index >= 15 is 0 Å². The van der Waals surface area contributed by atoms with Gasteiger partial charge in [-0.1, -0.05) is 23.2 Å². The minimum Gasteiger partial charge on any atom is -0.356 e. The molecule has 1 unspecified atom stereocenters. The van der Waals surface area contributed by atoms with Gasteiger partial charge in [0.15, 0.2) is 11.4 Å². The van der Waals surface area contributed by atoms with Gasteiger partial charge in [0.25, 0.3) is 0 Å². The molecule has 0 N–H and O–H groups in total. The van der Waals surface area contributed by atoms with E-state index in [9.17, 15) is 0 Å². The van der Waals surface area contributed by atoms with E-state index in [-0.39, 0.29) is 6.23 Å². The van der Waals surface area contributed by atoms with Gasteiger partial charge in [-0.15, -0.1) is 0 Å². The van der Waals surface area contributed by atoms with E-state index in [1.807, 2.05) is 0 Å². The lowest BCUT2D eigenvalue weighted by Gasteiger charge is -2.23. The summed E-state index contributed by atoms with van der Waals surface area (Å²) < 4.78 is 7.50. The Bertz CT molecular complexity index is 549. The number of nitrogens with zero attached hydrogens (tertiary/aromatic N) is 3. The fourth-order valence-corrected chi connectivity index (χ4v) is 2.67. The molecule has 1 aliphatic heterocycles. The Balaban J connectivity index is 2.10. The zero-order chi connectivity index (χ0) is 11.8. The summed E-state index contributed by atoms with van der Waals surface area (Å²) in [7, 11) is 0. The lowest BCUT2D eigenvalue weighted by atomic mass is 10.2. The van der Waals surface area contributed by atoms with Crippen molar-refractivity contribution in [2.45, 2.75) is 25.5 Å². The molecule has 0 spiro atoms. The molecule has 3 heterocycles. The third kappa shape index (κ3) is 2.01. The molecule has 1 atom stereocenters. The molecule has 90 valence electrons. The van der Waals surface area contributed by atoms with E-state index in [1.54, 1.807) is 16.9 Å². The van der Waals surface area contributed by atoms with Gasteiger partial charge in [0.2, 0.25) is 0 Å². The van der Waals surface area contributed by atoms with Crippen LogP contribution in [0.25, 0.3) is 10.9 Å². The van der Waals surface area contributed by atoms with Crippen molar-refractivity contribution in [3.8, 4) is 0 Å². The van der Waals surface area contributed by atoms with E-state index in [2.05, 4.69) is 10.1 Å². The maximum absolute atomic E-state index is 6.12. The molecule has 3 rings (SSSR count). The minimum atomic E-state index is -0.0401. The van der Waals surface area contributed by atoms with E-state index < -0.39 is 0 Å². The Morgan fingerprint density at radius 2 is 2.24 bits per heavy atom. The van der Waals surface area contributed by atoms with Crippen LogP contribution in [0, 0.1) is 0 Å². The third-order valence-corrected chi connectivity index (χ3v) is 3.38. The SMILES string of the molecule is Clc1cc2cnn(C3CCCCO3)c2c(Cl)n1. The largest absolute Gasteiger partial charge is 0.356 e. The lowest BCUT2D eigenvalue weighted by Crippen LogP contribution is -2.19. The maximum atomic E-state index is 6.12. The molecule has 0 bridgehead atoms. The molecule has 0 amide bonds. The van der Waals surface area contributed by atoms with Gasteiger partial charge >= 0.3 is 0 Å². The zero-order valence-electron chi connectivity index (χ0n) is 9.07. The van der Waals surface area contributed by atoms with Crippen LogP contribution in [0.3, 0.4) is 0 Å².